The third-order valence-electron chi connectivity index (χ3n) is 3.65. The van der Waals surface area contributed by atoms with E-state index >= 15 is 0 Å². The number of nitrogens with two attached hydrogens (primary N) is 1. The molecule has 0 bridgehead atoms. The van der Waals surface area contributed by atoms with Crippen molar-refractivity contribution in [3.63, 3.8) is 0 Å². The van der Waals surface area contributed by atoms with Gasteiger partial charge in [0.25, 0.3) is 0 Å². The van der Waals surface area contributed by atoms with Gasteiger partial charge in [0.1, 0.15) is 0 Å². The van der Waals surface area contributed by atoms with Crippen molar-refractivity contribution < 1.29 is 9.53 Å². The molecule has 3 N–H and O–H groups in total. The first-order valence-electron chi connectivity index (χ1n) is 7.59. The molecule has 1 heterocycles. The number of nitrogens with one attached hydrogen (secondary N) is 1. The summed E-state index contributed by atoms with van der Waals surface area (Å²) in [5.41, 5.74) is 8.01. The van der Waals surface area contributed by atoms with Crippen LogP contribution in [0.15, 0.2) is 24.3 Å². The first kappa shape index (κ1) is 22.0. The maximum absolute atomic E-state index is 11.8. The smallest absolute Gasteiger partial charge is 0.220 e. The van der Waals surface area contributed by atoms with Crippen LogP contribution in [-0.4, -0.2) is 38.3 Å². The molecule has 0 radical (unpaired) electrons. The second-order valence-corrected chi connectivity index (χ2v) is 5.52. The molecule has 23 heavy (non-hydrogen) atoms. The van der Waals surface area contributed by atoms with Crippen molar-refractivity contribution in [1.82, 2.24) is 5.32 Å². The maximum atomic E-state index is 11.8. The summed E-state index contributed by atoms with van der Waals surface area (Å²) in [5, 5.41) is 2.98. The summed E-state index contributed by atoms with van der Waals surface area (Å²) in [4.78, 5) is 14.1. The lowest BCUT2D eigenvalue weighted by atomic mass is 10.1. The molecule has 0 spiro atoms. The van der Waals surface area contributed by atoms with Crippen LogP contribution < -0.4 is 16.0 Å². The molecular formula is C16H27Cl2N3O2. The van der Waals surface area contributed by atoms with Gasteiger partial charge in [-0.25, -0.2) is 0 Å². The molecule has 1 unspecified atom stereocenters. The molecule has 0 aromatic heterocycles. The van der Waals surface area contributed by atoms with E-state index in [1.807, 2.05) is 19.1 Å². The molecule has 5 nitrogen and oxygen atoms in total. The number of rotatable bonds is 6. The summed E-state index contributed by atoms with van der Waals surface area (Å²) in [6.45, 7) is 5.79. The standard InChI is InChI=1S/C16H25N3O2.2ClH/c1-13(17)6-7-16(20)18-12-14-4-2-3-5-15(14)19-8-10-21-11-9-19;;/h2-5,13H,6-12,17H2,1H3,(H,18,20);2*1H. The van der Waals surface area contributed by atoms with E-state index in [4.69, 9.17) is 10.5 Å². The first-order valence-corrected chi connectivity index (χ1v) is 7.59. The van der Waals surface area contributed by atoms with Gasteiger partial charge in [-0.2, -0.15) is 0 Å². The Kier molecular flexibility index (Phi) is 11.0. The van der Waals surface area contributed by atoms with E-state index in [0.717, 1.165) is 38.3 Å². The van der Waals surface area contributed by atoms with E-state index in [1.165, 1.54) is 5.69 Å². The van der Waals surface area contributed by atoms with E-state index in [1.54, 1.807) is 0 Å². The van der Waals surface area contributed by atoms with Crippen molar-refractivity contribution in [2.45, 2.75) is 32.4 Å². The largest absolute Gasteiger partial charge is 0.378 e. The number of halogens is 2. The zero-order valence-electron chi connectivity index (χ0n) is 13.5. The molecule has 1 aliphatic rings. The lowest BCUT2D eigenvalue weighted by Gasteiger charge is -2.30. The van der Waals surface area contributed by atoms with Crippen LogP contribution in [0.4, 0.5) is 5.69 Å². The zero-order valence-corrected chi connectivity index (χ0v) is 15.1. The third kappa shape index (κ3) is 7.40. The van der Waals surface area contributed by atoms with Crippen molar-refractivity contribution in [3.05, 3.63) is 29.8 Å². The van der Waals surface area contributed by atoms with Gasteiger partial charge in [0, 0.05) is 37.8 Å². The number of para-hydroxylation sites is 1. The third-order valence-corrected chi connectivity index (χ3v) is 3.65. The SMILES string of the molecule is CC(N)CCC(=O)NCc1ccccc1N1CCOCC1.Cl.Cl. The minimum absolute atomic E-state index is 0. The molecule has 7 heteroatoms. The second-order valence-electron chi connectivity index (χ2n) is 5.52. The lowest BCUT2D eigenvalue weighted by molar-refractivity contribution is -0.121. The Morgan fingerprint density at radius 2 is 1.96 bits per heavy atom. The van der Waals surface area contributed by atoms with Crippen molar-refractivity contribution >= 4 is 36.4 Å². The maximum Gasteiger partial charge on any atom is 0.220 e. The first-order chi connectivity index (χ1) is 10.2. The average molecular weight is 364 g/mol. The fourth-order valence-corrected chi connectivity index (χ4v) is 2.41. The molecule has 132 valence electrons. The number of carbonyl (C=O) groups excluding carboxylic acids is 1. The van der Waals surface area contributed by atoms with Crippen LogP contribution in [0, 0.1) is 0 Å². The Morgan fingerprint density at radius 3 is 2.61 bits per heavy atom. The van der Waals surface area contributed by atoms with Crippen molar-refractivity contribution in [1.29, 1.82) is 0 Å². The van der Waals surface area contributed by atoms with E-state index < -0.39 is 0 Å². The highest BCUT2D eigenvalue weighted by atomic mass is 35.5. The molecule has 1 aromatic rings. The summed E-state index contributed by atoms with van der Waals surface area (Å²) in [5.74, 6) is 0.0593. The van der Waals surface area contributed by atoms with Gasteiger partial charge < -0.3 is 20.7 Å². The molecule has 1 saturated heterocycles. The normalized spacial score (nSPS) is 15.1. The van der Waals surface area contributed by atoms with Crippen LogP contribution in [0.5, 0.6) is 0 Å². The minimum Gasteiger partial charge on any atom is -0.378 e. The zero-order chi connectivity index (χ0) is 15.1. The van der Waals surface area contributed by atoms with Crippen LogP contribution in [0.3, 0.4) is 0 Å². The average Bonchev–Trinajstić information content (AvgIpc) is 2.52. The van der Waals surface area contributed by atoms with Gasteiger partial charge in [-0.1, -0.05) is 18.2 Å². The highest BCUT2D eigenvalue weighted by molar-refractivity contribution is 5.85. The number of benzene rings is 1. The van der Waals surface area contributed by atoms with Gasteiger partial charge in [0.2, 0.25) is 5.91 Å². The molecular weight excluding hydrogens is 337 g/mol. The minimum atomic E-state index is 0. The van der Waals surface area contributed by atoms with E-state index in [-0.39, 0.29) is 36.8 Å². The quantitative estimate of drug-likeness (QED) is 0.811. The van der Waals surface area contributed by atoms with Crippen molar-refractivity contribution in [3.8, 4) is 0 Å². The fourth-order valence-electron chi connectivity index (χ4n) is 2.41. The number of carbonyl (C=O) groups is 1. The monoisotopic (exact) mass is 363 g/mol. The second kappa shape index (κ2) is 11.5. The molecule has 1 aromatic carbocycles. The summed E-state index contributed by atoms with van der Waals surface area (Å²) < 4.78 is 5.39. The number of nitrogens with zero attached hydrogens (tertiary/aromatic N) is 1. The number of morpholine rings is 1. The number of ether oxygens (including phenoxy) is 1. The van der Waals surface area contributed by atoms with Gasteiger partial charge in [-0.15, -0.1) is 24.8 Å². The Bertz CT molecular complexity index is 466. The molecule has 0 aliphatic carbocycles. The predicted molar refractivity (Wildman–Crippen MR) is 98.7 cm³/mol. The Hall–Kier alpha value is -1.01. The predicted octanol–water partition coefficient (Wildman–Crippen LogP) is 2.11. The number of hydrogen-bond donors (Lipinski definition) is 2. The van der Waals surface area contributed by atoms with Crippen molar-refractivity contribution in [2.75, 3.05) is 31.2 Å². The highest BCUT2D eigenvalue weighted by Gasteiger charge is 2.14. The summed E-state index contributed by atoms with van der Waals surface area (Å²) >= 11 is 0. The molecule has 2 rings (SSSR count). The Labute approximate surface area is 150 Å². The van der Waals surface area contributed by atoms with Crippen molar-refractivity contribution in [2.24, 2.45) is 5.73 Å². The number of anilines is 1. The molecule has 1 aliphatic heterocycles. The lowest BCUT2D eigenvalue weighted by Crippen LogP contribution is -2.37. The van der Waals surface area contributed by atoms with Gasteiger partial charge in [-0.05, 0) is 25.0 Å². The van der Waals surface area contributed by atoms with Crippen LogP contribution in [-0.2, 0) is 16.1 Å². The Balaban J connectivity index is 0.00000242. The molecule has 1 amide bonds. The van der Waals surface area contributed by atoms with Crippen LogP contribution in [0.25, 0.3) is 0 Å². The van der Waals surface area contributed by atoms with E-state index in [0.29, 0.717) is 13.0 Å². The summed E-state index contributed by atoms with van der Waals surface area (Å²) in [7, 11) is 0. The topological polar surface area (TPSA) is 67.6 Å². The fraction of sp³-hybridized carbons (Fsp3) is 0.562. The molecule has 1 atom stereocenters. The number of amides is 1. The van der Waals surface area contributed by atoms with Gasteiger partial charge in [-0.3, -0.25) is 4.79 Å². The van der Waals surface area contributed by atoms with E-state index in [2.05, 4.69) is 22.3 Å². The van der Waals surface area contributed by atoms with E-state index in [9.17, 15) is 4.79 Å². The molecule has 0 saturated carbocycles. The van der Waals surface area contributed by atoms with Gasteiger partial charge in [0.15, 0.2) is 0 Å². The van der Waals surface area contributed by atoms with Crippen LogP contribution >= 0.6 is 24.8 Å². The highest BCUT2D eigenvalue weighted by Crippen LogP contribution is 2.21. The van der Waals surface area contributed by atoms with Crippen LogP contribution in [0.1, 0.15) is 25.3 Å². The van der Waals surface area contributed by atoms with Gasteiger partial charge >= 0.3 is 0 Å². The molecule has 1 fully saturated rings. The number of hydrogen-bond acceptors (Lipinski definition) is 4. The van der Waals surface area contributed by atoms with Crippen LogP contribution in [0.2, 0.25) is 0 Å². The summed E-state index contributed by atoms with van der Waals surface area (Å²) in [6.07, 6.45) is 1.20. The Morgan fingerprint density at radius 1 is 1.30 bits per heavy atom. The summed E-state index contributed by atoms with van der Waals surface area (Å²) in [6, 6.07) is 8.28. The van der Waals surface area contributed by atoms with Gasteiger partial charge in [0.05, 0.1) is 13.2 Å².